The molecule has 5 heteroatoms. The molecule has 1 N–H and O–H groups in total. The molecule has 2 aliphatic carbocycles. The second kappa shape index (κ2) is 3.18. The fourth-order valence-corrected chi connectivity index (χ4v) is 3.33. The van der Waals surface area contributed by atoms with Crippen LogP contribution in [0.15, 0.2) is 0 Å². The summed E-state index contributed by atoms with van der Waals surface area (Å²) in [6, 6.07) is 0.206. The van der Waals surface area contributed by atoms with Crippen molar-refractivity contribution < 1.29 is 8.42 Å². The van der Waals surface area contributed by atoms with Crippen LogP contribution in [0.25, 0.3) is 0 Å². The molecule has 1 spiro atoms. The van der Waals surface area contributed by atoms with Crippen molar-refractivity contribution in [3.63, 3.8) is 0 Å². The van der Waals surface area contributed by atoms with E-state index in [0.29, 0.717) is 5.41 Å². The van der Waals surface area contributed by atoms with Crippen molar-refractivity contribution in [3.05, 3.63) is 0 Å². The second-order valence-corrected chi connectivity index (χ2v) is 6.65. The van der Waals surface area contributed by atoms with Crippen LogP contribution in [0.1, 0.15) is 32.1 Å². The Kier molecular flexibility index (Phi) is 2.36. The molecule has 1 atom stereocenters. The Morgan fingerprint density at radius 3 is 2.36 bits per heavy atom. The van der Waals surface area contributed by atoms with Crippen molar-refractivity contribution in [1.82, 2.24) is 9.03 Å². The zero-order valence-corrected chi connectivity index (χ0v) is 9.60. The molecule has 2 fully saturated rings. The molecule has 1 unspecified atom stereocenters. The summed E-state index contributed by atoms with van der Waals surface area (Å²) in [7, 11) is -0.0920. The number of hydrogen-bond donors (Lipinski definition) is 1. The van der Waals surface area contributed by atoms with Gasteiger partial charge in [0.25, 0.3) is 10.2 Å². The van der Waals surface area contributed by atoms with Gasteiger partial charge in [0, 0.05) is 20.1 Å². The van der Waals surface area contributed by atoms with E-state index < -0.39 is 10.2 Å². The molecule has 4 nitrogen and oxygen atoms in total. The number of hydrogen-bond acceptors (Lipinski definition) is 2. The predicted octanol–water partition coefficient (Wildman–Crippen LogP) is 0.715. The third-order valence-electron chi connectivity index (χ3n) is 3.56. The van der Waals surface area contributed by atoms with Crippen molar-refractivity contribution in [2.45, 2.75) is 38.1 Å². The Labute approximate surface area is 85.9 Å². The van der Waals surface area contributed by atoms with E-state index in [-0.39, 0.29) is 6.04 Å². The molecule has 0 heterocycles. The highest BCUT2D eigenvalue weighted by Gasteiger charge is 2.56. The van der Waals surface area contributed by atoms with Crippen LogP contribution in [-0.4, -0.2) is 32.9 Å². The maximum atomic E-state index is 11.5. The Morgan fingerprint density at radius 2 is 1.86 bits per heavy atom. The Hall–Kier alpha value is -0.130. The molecular formula is C9H18N2O2S. The van der Waals surface area contributed by atoms with Crippen LogP contribution in [0, 0.1) is 5.41 Å². The minimum Gasteiger partial charge on any atom is -0.198 e. The van der Waals surface area contributed by atoms with Gasteiger partial charge in [-0.1, -0.05) is 12.8 Å². The van der Waals surface area contributed by atoms with Gasteiger partial charge in [0.15, 0.2) is 0 Å². The largest absolute Gasteiger partial charge is 0.279 e. The fourth-order valence-electron chi connectivity index (χ4n) is 2.43. The van der Waals surface area contributed by atoms with Gasteiger partial charge in [0.2, 0.25) is 0 Å². The molecule has 0 radical (unpaired) electrons. The van der Waals surface area contributed by atoms with Gasteiger partial charge >= 0.3 is 0 Å². The quantitative estimate of drug-likeness (QED) is 0.758. The first kappa shape index (κ1) is 10.4. The van der Waals surface area contributed by atoms with E-state index in [1.54, 1.807) is 14.1 Å². The average Bonchev–Trinajstić information content (AvgIpc) is 2.55. The van der Waals surface area contributed by atoms with Crippen LogP contribution in [-0.2, 0) is 10.2 Å². The van der Waals surface area contributed by atoms with Crippen molar-refractivity contribution in [1.29, 1.82) is 0 Å². The lowest BCUT2D eigenvalue weighted by Gasteiger charge is -2.14. The lowest BCUT2D eigenvalue weighted by molar-refractivity contribution is 0.469. The zero-order chi connectivity index (χ0) is 10.4. The number of nitrogens with one attached hydrogen (secondary N) is 1. The van der Waals surface area contributed by atoms with Gasteiger partial charge in [-0.05, 0) is 24.7 Å². The van der Waals surface area contributed by atoms with E-state index in [0.717, 1.165) is 6.42 Å². The summed E-state index contributed by atoms with van der Waals surface area (Å²) in [5, 5.41) is 0. The van der Waals surface area contributed by atoms with Gasteiger partial charge in [-0.3, -0.25) is 0 Å². The topological polar surface area (TPSA) is 49.4 Å². The molecule has 0 bridgehead atoms. The molecule has 82 valence electrons. The van der Waals surface area contributed by atoms with Crippen LogP contribution in [0.2, 0.25) is 0 Å². The molecule has 2 aliphatic rings. The average molecular weight is 218 g/mol. The molecule has 0 aromatic rings. The highest BCUT2D eigenvalue weighted by molar-refractivity contribution is 7.87. The van der Waals surface area contributed by atoms with Crippen LogP contribution in [0.3, 0.4) is 0 Å². The summed E-state index contributed by atoms with van der Waals surface area (Å²) in [6.07, 6.45) is 5.97. The molecule has 0 amide bonds. The van der Waals surface area contributed by atoms with Gasteiger partial charge in [-0.25, -0.2) is 0 Å². The molecule has 0 saturated heterocycles. The molecule has 14 heavy (non-hydrogen) atoms. The molecule has 2 rings (SSSR count). The summed E-state index contributed by atoms with van der Waals surface area (Å²) in [5.74, 6) is 0. The highest BCUT2D eigenvalue weighted by atomic mass is 32.2. The summed E-state index contributed by atoms with van der Waals surface area (Å²) < 4.78 is 27.1. The molecule has 2 saturated carbocycles. The van der Waals surface area contributed by atoms with Crippen LogP contribution in [0.5, 0.6) is 0 Å². The SMILES string of the molecule is CN(C)S(=O)(=O)NC1CC12CCCC2. The fraction of sp³-hybridized carbons (Fsp3) is 1.00. The third-order valence-corrected chi connectivity index (χ3v) is 5.10. The molecule has 0 aromatic carbocycles. The van der Waals surface area contributed by atoms with Crippen molar-refractivity contribution in [2.75, 3.05) is 14.1 Å². The highest BCUT2D eigenvalue weighted by Crippen LogP contribution is 2.58. The van der Waals surface area contributed by atoms with E-state index in [2.05, 4.69) is 4.72 Å². The maximum absolute atomic E-state index is 11.5. The molecule has 0 aliphatic heterocycles. The second-order valence-electron chi connectivity index (χ2n) is 4.73. The first-order valence-electron chi connectivity index (χ1n) is 5.16. The van der Waals surface area contributed by atoms with Gasteiger partial charge in [-0.15, -0.1) is 0 Å². The minimum absolute atomic E-state index is 0.206. The third kappa shape index (κ3) is 1.68. The smallest absolute Gasteiger partial charge is 0.198 e. The van der Waals surface area contributed by atoms with Crippen molar-refractivity contribution in [3.8, 4) is 0 Å². The van der Waals surface area contributed by atoms with E-state index in [1.807, 2.05) is 0 Å². The first-order valence-corrected chi connectivity index (χ1v) is 6.60. The minimum atomic E-state index is -3.22. The van der Waals surface area contributed by atoms with Crippen LogP contribution in [0.4, 0.5) is 0 Å². The summed E-state index contributed by atoms with van der Waals surface area (Å²) in [6.45, 7) is 0. The number of nitrogens with zero attached hydrogens (tertiary/aromatic N) is 1. The van der Waals surface area contributed by atoms with Crippen molar-refractivity contribution in [2.24, 2.45) is 5.41 Å². The van der Waals surface area contributed by atoms with E-state index in [9.17, 15) is 8.42 Å². The Bertz CT molecular complexity index is 318. The van der Waals surface area contributed by atoms with Gasteiger partial charge in [0.05, 0.1) is 0 Å². The van der Waals surface area contributed by atoms with Crippen LogP contribution >= 0.6 is 0 Å². The summed E-state index contributed by atoms with van der Waals surface area (Å²) in [5.41, 5.74) is 0.336. The van der Waals surface area contributed by atoms with Gasteiger partial charge < -0.3 is 0 Å². The predicted molar refractivity (Wildman–Crippen MR) is 55.0 cm³/mol. The number of rotatable bonds is 3. The van der Waals surface area contributed by atoms with E-state index in [1.165, 1.54) is 30.0 Å². The Balaban J connectivity index is 1.95. The maximum Gasteiger partial charge on any atom is 0.279 e. The van der Waals surface area contributed by atoms with Crippen molar-refractivity contribution >= 4 is 10.2 Å². The van der Waals surface area contributed by atoms with Crippen LogP contribution < -0.4 is 4.72 Å². The summed E-state index contributed by atoms with van der Waals surface area (Å²) in [4.78, 5) is 0. The van der Waals surface area contributed by atoms with E-state index >= 15 is 0 Å². The zero-order valence-electron chi connectivity index (χ0n) is 8.78. The molecule has 0 aromatic heterocycles. The Morgan fingerprint density at radius 1 is 1.29 bits per heavy atom. The molecular weight excluding hydrogens is 200 g/mol. The van der Waals surface area contributed by atoms with Gasteiger partial charge in [-0.2, -0.15) is 17.4 Å². The summed E-state index contributed by atoms with van der Waals surface area (Å²) >= 11 is 0. The van der Waals surface area contributed by atoms with Gasteiger partial charge in [0.1, 0.15) is 0 Å². The monoisotopic (exact) mass is 218 g/mol. The lowest BCUT2D eigenvalue weighted by Crippen LogP contribution is -2.38. The first-order chi connectivity index (χ1) is 6.46. The normalized spacial score (nSPS) is 30.1. The lowest BCUT2D eigenvalue weighted by atomic mass is 10.1. The van der Waals surface area contributed by atoms with E-state index in [4.69, 9.17) is 0 Å². The standard InChI is InChI=1S/C9H18N2O2S/c1-11(2)14(12,13)10-8-7-9(8)5-3-4-6-9/h8,10H,3-7H2,1-2H3.